The first-order valence-corrected chi connectivity index (χ1v) is 13.0. The molecule has 0 fully saturated rings. The van der Waals surface area contributed by atoms with Gasteiger partial charge in [0.15, 0.2) is 0 Å². The van der Waals surface area contributed by atoms with Crippen molar-refractivity contribution >= 4 is 23.8 Å². The van der Waals surface area contributed by atoms with Gasteiger partial charge in [0.1, 0.15) is 0 Å². The summed E-state index contributed by atoms with van der Waals surface area (Å²) in [5, 5.41) is 0. The second kappa shape index (κ2) is 19.1. The number of aromatic nitrogens is 1. The van der Waals surface area contributed by atoms with Crippen LogP contribution in [0.3, 0.4) is 0 Å². The first kappa shape index (κ1) is 35.0. The zero-order valence-corrected chi connectivity index (χ0v) is 25.0. The molecule has 6 heteroatoms. The predicted molar refractivity (Wildman–Crippen MR) is 148 cm³/mol. The normalized spacial score (nSPS) is 10.7. The van der Waals surface area contributed by atoms with Crippen molar-refractivity contribution in [3.8, 4) is 0 Å². The van der Waals surface area contributed by atoms with Crippen molar-refractivity contribution in [1.29, 1.82) is 0 Å². The Bertz CT molecular complexity index is 996. The van der Waals surface area contributed by atoms with Crippen molar-refractivity contribution in [3.63, 3.8) is 0 Å². The Balaban J connectivity index is 0.00000432. The monoisotopic (exact) mass is 582 g/mol. The van der Waals surface area contributed by atoms with E-state index in [0.717, 1.165) is 74.1 Å². The summed E-state index contributed by atoms with van der Waals surface area (Å²) in [6.45, 7) is 8.87. The smallest absolute Gasteiger partial charge is 1.00 e. The third kappa shape index (κ3) is 10.4. The molecular formula is C31H39Cl2CoN3. The number of hydrogen-bond donors (Lipinski definition) is 0. The molecule has 3 aromatic rings. The maximum absolute atomic E-state index is 4.92. The molecule has 2 aromatic carbocycles. The summed E-state index contributed by atoms with van der Waals surface area (Å²) in [6, 6.07) is 19.2. The molecule has 0 saturated heterocycles. The van der Waals surface area contributed by atoms with Gasteiger partial charge in [-0.1, -0.05) is 95.8 Å². The molecule has 0 aliphatic rings. The number of rotatable bonds is 12. The summed E-state index contributed by atoms with van der Waals surface area (Å²) in [4.78, 5) is 14.6. The molecule has 0 amide bonds. The molecule has 0 saturated carbocycles. The largest absolute Gasteiger partial charge is 2.00 e. The molecular weight excluding hydrogens is 544 g/mol. The molecule has 0 atom stereocenters. The quantitative estimate of drug-likeness (QED) is 0.302. The van der Waals surface area contributed by atoms with Gasteiger partial charge in [-0.25, -0.2) is 4.98 Å². The van der Waals surface area contributed by atoms with E-state index in [0.29, 0.717) is 0 Å². The van der Waals surface area contributed by atoms with Crippen molar-refractivity contribution in [1.82, 2.24) is 4.98 Å². The summed E-state index contributed by atoms with van der Waals surface area (Å²) in [7, 11) is 0. The molecule has 1 radical (unpaired) electrons. The Morgan fingerprint density at radius 2 is 0.838 bits per heavy atom. The van der Waals surface area contributed by atoms with Crippen LogP contribution in [0.5, 0.6) is 0 Å². The van der Waals surface area contributed by atoms with Gasteiger partial charge in [0.2, 0.25) is 0 Å². The zero-order valence-electron chi connectivity index (χ0n) is 22.4. The molecule has 0 N–H and O–H groups in total. The van der Waals surface area contributed by atoms with Crippen LogP contribution >= 0.6 is 0 Å². The fourth-order valence-electron chi connectivity index (χ4n) is 4.38. The van der Waals surface area contributed by atoms with Crippen LogP contribution in [0, 0.1) is 0 Å². The number of halogens is 2. The van der Waals surface area contributed by atoms with Crippen molar-refractivity contribution in [2.45, 2.75) is 79.1 Å². The standard InChI is InChI=1S/C31H39N3.2ClH.Co/c1-5-12-24-16-9-17-25(13-6-2)30(24)32-22-28-20-11-21-29(34-28)23-33-31-26(14-7-3)18-10-19-27(31)15-8-4;;;/h9-11,16-23H,5-8,12-15H2,1-4H3;2*1H;/q;;;+2/p-2. The van der Waals surface area contributed by atoms with Crippen molar-refractivity contribution in [2.24, 2.45) is 9.98 Å². The topological polar surface area (TPSA) is 37.6 Å². The van der Waals surface area contributed by atoms with Crippen LogP contribution in [-0.4, -0.2) is 17.4 Å². The molecule has 1 heterocycles. The number of aryl methyl sites for hydroxylation is 4. The van der Waals surface area contributed by atoms with Crippen LogP contribution in [-0.2, 0) is 42.5 Å². The minimum Gasteiger partial charge on any atom is -1.00 e. The molecule has 0 unspecified atom stereocenters. The Labute approximate surface area is 246 Å². The van der Waals surface area contributed by atoms with E-state index in [1.807, 2.05) is 30.6 Å². The Morgan fingerprint density at radius 3 is 1.14 bits per heavy atom. The zero-order chi connectivity index (χ0) is 24.2. The first-order valence-electron chi connectivity index (χ1n) is 13.0. The average Bonchev–Trinajstić information content (AvgIpc) is 2.84. The summed E-state index contributed by atoms with van der Waals surface area (Å²) < 4.78 is 0. The van der Waals surface area contributed by atoms with Crippen molar-refractivity contribution in [3.05, 3.63) is 88.2 Å². The maximum Gasteiger partial charge on any atom is 2.00 e. The van der Waals surface area contributed by atoms with E-state index < -0.39 is 0 Å². The van der Waals surface area contributed by atoms with E-state index in [-0.39, 0.29) is 41.6 Å². The van der Waals surface area contributed by atoms with Crippen LogP contribution in [0.15, 0.2) is 64.6 Å². The molecule has 0 spiro atoms. The fourth-order valence-corrected chi connectivity index (χ4v) is 4.38. The van der Waals surface area contributed by atoms with E-state index in [4.69, 9.17) is 15.0 Å². The number of aliphatic imine (C=N–C) groups is 2. The third-order valence-corrected chi connectivity index (χ3v) is 5.93. The SMILES string of the molecule is CCCc1cccc(CCC)c1N=Cc1cccc(C=Nc2c(CCC)cccc2CCC)n1.[Cl-].[Cl-].[Co+2]. The summed E-state index contributed by atoms with van der Waals surface area (Å²) in [5.41, 5.74) is 9.21. The number of benzene rings is 2. The van der Waals surface area contributed by atoms with Gasteiger partial charge in [-0.15, -0.1) is 0 Å². The van der Waals surface area contributed by atoms with E-state index in [1.165, 1.54) is 22.3 Å². The van der Waals surface area contributed by atoms with Gasteiger partial charge >= 0.3 is 16.8 Å². The van der Waals surface area contributed by atoms with E-state index >= 15 is 0 Å². The number of para-hydroxylation sites is 2. The summed E-state index contributed by atoms with van der Waals surface area (Å²) in [5.74, 6) is 0. The van der Waals surface area contributed by atoms with Crippen molar-refractivity contribution < 1.29 is 41.6 Å². The Hall–Kier alpha value is -1.98. The van der Waals surface area contributed by atoms with Gasteiger partial charge in [-0.2, -0.15) is 0 Å². The van der Waals surface area contributed by atoms with Crippen LogP contribution < -0.4 is 24.8 Å². The third-order valence-electron chi connectivity index (χ3n) is 5.93. The summed E-state index contributed by atoms with van der Waals surface area (Å²) >= 11 is 0. The minimum atomic E-state index is 0. The van der Waals surface area contributed by atoms with E-state index in [1.54, 1.807) is 0 Å². The number of pyridine rings is 1. The minimum absolute atomic E-state index is 0. The average molecular weight is 584 g/mol. The van der Waals surface area contributed by atoms with Crippen LogP contribution in [0.2, 0.25) is 0 Å². The van der Waals surface area contributed by atoms with Gasteiger partial charge in [0, 0.05) is 0 Å². The molecule has 201 valence electrons. The van der Waals surface area contributed by atoms with E-state index in [2.05, 4.69) is 64.1 Å². The van der Waals surface area contributed by atoms with Gasteiger partial charge in [-0.3, -0.25) is 9.98 Å². The summed E-state index contributed by atoms with van der Waals surface area (Å²) in [6.07, 6.45) is 12.4. The molecule has 3 rings (SSSR count). The van der Waals surface area contributed by atoms with Gasteiger partial charge in [-0.05, 0) is 60.1 Å². The second-order valence-electron chi connectivity index (χ2n) is 8.85. The van der Waals surface area contributed by atoms with Crippen LogP contribution in [0.25, 0.3) is 0 Å². The van der Waals surface area contributed by atoms with Crippen LogP contribution in [0.4, 0.5) is 11.4 Å². The van der Waals surface area contributed by atoms with Gasteiger partial charge in [0.05, 0.1) is 35.2 Å². The first-order chi connectivity index (χ1) is 16.7. The van der Waals surface area contributed by atoms with Crippen molar-refractivity contribution in [2.75, 3.05) is 0 Å². The van der Waals surface area contributed by atoms with E-state index in [9.17, 15) is 0 Å². The molecule has 0 bridgehead atoms. The molecule has 37 heavy (non-hydrogen) atoms. The van der Waals surface area contributed by atoms with Crippen LogP contribution in [0.1, 0.15) is 87.0 Å². The molecule has 0 aliphatic carbocycles. The molecule has 0 aliphatic heterocycles. The molecule has 1 aromatic heterocycles. The maximum atomic E-state index is 4.92. The van der Waals surface area contributed by atoms with Gasteiger partial charge in [0.25, 0.3) is 0 Å². The second-order valence-corrected chi connectivity index (χ2v) is 8.85. The number of nitrogens with zero attached hydrogens (tertiary/aromatic N) is 3. The predicted octanol–water partition coefficient (Wildman–Crippen LogP) is 2.40. The number of hydrogen-bond acceptors (Lipinski definition) is 3. The molecule has 3 nitrogen and oxygen atoms in total. The Kier molecular flexibility index (Phi) is 18.1. The Morgan fingerprint density at radius 1 is 0.541 bits per heavy atom. The van der Waals surface area contributed by atoms with Gasteiger partial charge < -0.3 is 24.8 Å². The fraction of sp³-hybridized carbons (Fsp3) is 0.387.